The van der Waals surface area contributed by atoms with Crippen LogP contribution in [0.2, 0.25) is 0 Å². The van der Waals surface area contributed by atoms with Crippen LogP contribution in [0.25, 0.3) is 65.4 Å². The van der Waals surface area contributed by atoms with E-state index in [2.05, 4.69) is 185 Å². The summed E-state index contributed by atoms with van der Waals surface area (Å²) in [5, 5.41) is 10.2. The fourth-order valence-corrected chi connectivity index (χ4v) is 8.75. The highest BCUT2D eigenvalue weighted by Gasteiger charge is 2.34. The zero-order valence-corrected chi connectivity index (χ0v) is 30.2. The van der Waals surface area contributed by atoms with Gasteiger partial charge in [0.1, 0.15) is 11.2 Å². The Morgan fingerprint density at radius 2 is 1.13 bits per heavy atom. The maximum atomic E-state index is 6.70. The molecule has 1 aliphatic rings. The second-order valence-corrected chi connectivity index (χ2v) is 15.1. The zero-order valence-electron chi connectivity index (χ0n) is 30.2. The molecule has 1 heterocycles. The topological polar surface area (TPSA) is 16.4 Å². The molecule has 0 amide bonds. The molecule has 0 saturated carbocycles. The van der Waals surface area contributed by atoms with Crippen molar-refractivity contribution in [3.63, 3.8) is 0 Å². The van der Waals surface area contributed by atoms with Crippen molar-refractivity contribution in [1.29, 1.82) is 0 Å². The molecular weight excluding hydrogens is 631 g/mol. The van der Waals surface area contributed by atoms with Gasteiger partial charge in [-0.2, -0.15) is 0 Å². The Balaban J connectivity index is 1.07. The minimum absolute atomic E-state index is 0.0409. The van der Waals surface area contributed by atoms with Crippen LogP contribution < -0.4 is 4.90 Å². The van der Waals surface area contributed by atoms with E-state index in [1.807, 2.05) is 0 Å². The van der Waals surface area contributed by atoms with Gasteiger partial charge >= 0.3 is 0 Å². The van der Waals surface area contributed by atoms with Crippen molar-refractivity contribution in [2.24, 2.45) is 0 Å². The van der Waals surface area contributed by atoms with Crippen molar-refractivity contribution < 1.29 is 4.42 Å². The van der Waals surface area contributed by atoms with E-state index in [0.717, 1.165) is 39.0 Å². The Hall–Kier alpha value is -6.12. The van der Waals surface area contributed by atoms with Crippen molar-refractivity contribution >= 4 is 82.5 Å². The van der Waals surface area contributed by atoms with Crippen LogP contribution in [0, 0.1) is 6.92 Å². The van der Waals surface area contributed by atoms with Crippen LogP contribution in [-0.4, -0.2) is 0 Å². The van der Waals surface area contributed by atoms with E-state index in [4.69, 9.17) is 4.42 Å². The monoisotopic (exact) mass is 669 g/mol. The Morgan fingerprint density at radius 1 is 0.500 bits per heavy atom. The molecule has 1 aromatic heterocycles. The lowest BCUT2D eigenvalue weighted by atomic mass is 9.80. The molecule has 0 atom stereocenters. The molecule has 0 fully saturated rings. The number of rotatable bonds is 5. The molecule has 0 N–H and O–H groups in total. The van der Waals surface area contributed by atoms with Gasteiger partial charge in [0, 0.05) is 39.3 Å². The Kier molecular flexibility index (Phi) is 6.60. The Bertz CT molecular complexity index is 2970. The van der Waals surface area contributed by atoms with E-state index in [1.54, 1.807) is 0 Å². The van der Waals surface area contributed by atoms with Gasteiger partial charge in [-0.1, -0.05) is 98.8 Å². The average Bonchev–Trinajstić information content (AvgIpc) is 3.65. The fourth-order valence-electron chi connectivity index (χ4n) is 8.75. The van der Waals surface area contributed by atoms with Crippen molar-refractivity contribution in [2.45, 2.75) is 40.0 Å². The molecule has 10 rings (SSSR count). The van der Waals surface area contributed by atoms with Gasteiger partial charge in [-0.3, -0.25) is 0 Å². The van der Waals surface area contributed by atoms with Gasteiger partial charge in [-0.05, 0) is 147 Å². The minimum Gasteiger partial charge on any atom is -0.456 e. The van der Waals surface area contributed by atoms with Crippen molar-refractivity contribution in [3.8, 4) is 0 Å². The highest BCUT2D eigenvalue weighted by molar-refractivity contribution is 6.16. The second kappa shape index (κ2) is 11.2. The zero-order chi connectivity index (χ0) is 35.3. The summed E-state index contributed by atoms with van der Waals surface area (Å²) in [6.07, 6.45) is 0. The number of para-hydroxylation sites is 1. The summed E-state index contributed by atoms with van der Waals surface area (Å²) in [6, 6.07) is 53.3. The number of allylic oxidation sites excluding steroid dienone is 2. The minimum atomic E-state index is -0.0409. The number of aryl methyl sites for hydroxylation is 1. The molecule has 0 saturated heterocycles. The number of nitrogens with zero attached hydrogens (tertiary/aromatic N) is 1. The molecule has 52 heavy (non-hydrogen) atoms. The van der Waals surface area contributed by atoms with Gasteiger partial charge in [-0.25, -0.2) is 0 Å². The third kappa shape index (κ3) is 4.50. The lowest BCUT2D eigenvalue weighted by molar-refractivity contribution is 0.662. The van der Waals surface area contributed by atoms with E-state index in [9.17, 15) is 0 Å². The molecule has 0 aliphatic heterocycles. The second-order valence-electron chi connectivity index (χ2n) is 15.1. The predicted octanol–water partition coefficient (Wildman–Crippen LogP) is 14.4. The Labute approximate surface area is 304 Å². The molecule has 0 spiro atoms. The van der Waals surface area contributed by atoms with E-state index in [1.165, 1.54) is 71.3 Å². The number of hydrogen-bond donors (Lipinski definition) is 0. The fraction of sp³-hybridized carbons (Fsp3) is 0.120. The van der Waals surface area contributed by atoms with Crippen LogP contribution in [0.3, 0.4) is 0 Å². The van der Waals surface area contributed by atoms with E-state index >= 15 is 0 Å². The first-order valence-electron chi connectivity index (χ1n) is 18.3. The first-order chi connectivity index (χ1) is 25.3. The van der Waals surface area contributed by atoms with Gasteiger partial charge in [0.15, 0.2) is 0 Å². The summed E-state index contributed by atoms with van der Waals surface area (Å²) in [7, 11) is 0. The average molecular weight is 670 g/mol. The van der Waals surface area contributed by atoms with Crippen molar-refractivity contribution in [3.05, 3.63) is 173 Å². The third-order valence-electron chi connectivity index (χ3n) is 11.8. The molecule has 8 aromatic carbocycles. The lowest BCUT2D eigenvalue weighted by Gasteiger charge is -2.27. The summed E-state index contributed by atoms with van der Waals surface area (Å²) in [5.74, 6) is 0. The standard InChI is InChI=1S/C50H39NO/c1-30-11-6-9-16-45(30)51(39-21-19-33-12-7-8-13-36(33)26-39)40-22-24-42-41-23-20-35(28-46(41)52-47(42)29-40)31(2)32(3)38-25-37-18-17-34-14-10-15-43-48(34)49(37)44(27-38)50(43,4)5/h6-29H,1-5H3/b32-31+. The van der Waals surface area contributed by atoms with Crippen LogP contribution in [-0.2, 0) is 5.41 Å². The van der Waals surface area contributed by atoms with Crippen molar-refractivity contribution in [1.82, 2.24) is 0 Å². The predicted molar refractivity (Wildman–Crippen MR) is 222 cm³/mol. The quantitative estimate of drug-likeness (QED) is 0.134. The number of benzene rings is 8. The number of furan rings is 1. The van der Waals surface area contributed by atoms with Crippen LogP contribution in [0.4, 0.5) is 17.1 Å². The van der Waals surface area contributed by atoms with Crippen LogP contribution in [0.15, 0.2) is 150 Å². The van der Waals surface area contributed by atoms with Crippen LogP contribution in [0.5, 0.6) is 0 Å². The molecule has 2 heteroatoms. The maximum Gasteiger partial charge on any atom is 0.137 e. The van der Waals surface area contributed by atoms with E-state index < -0.39 is 0 Å². The summed E-state index contributed by atoms with van der Waals surface area (Å²) >= 11 is 0. The summed E-state index contributed by atoms with van der Waals surface area (Å²) < 4.78 is 6.70. The molecule has 0 radical (unpaired) electrons. The molecular formula is C50H39NO. The largest absolute Gasteiger partial charge is 0.456 e. The number of fused-ring (bicyclic) bond motifs is 4. The normalized spacial score (nSPS) is 13.9. The van der Waals surface area contributed by atoms with Crippen LogP contribution >= 0.6 is 0 Å². The first-order valence-corrected chi connectivity index (χ1v) is 18.3. The first kappa shape index (κ1) is 30.7. The summed E-state index contributed by atoms with van der Waals surface area (Å²) in [6.45, 7) is 11.4. The third-order valence-corrected chi connectivity index (χ3v) is 11.8. The van der Waals surface area contributed by atoms with Gasteiger partial charge in [0.05, 0.1) is 0 Å². The lowest BCUT2D eigenvalue weighted by Crippen LogP contribution is -2.15. The highest BCUT2D eigenvalue weighted by Crippen LogP contribution is 2.50. The van der Waals surface area contributed by atoms with Gasteiger partial charge < -0.3 is 9.32 Å². The van der Waals surface area contributed by atoms with Gasteiger partial charge in [0.25, 0.3) is 0 Å². The SMILES string of the molecule is C/C(=C(/C)c1ccc2c(c1)oc1cc(N(c3ccc4ccccc4c3)c3ccccc3C)ccc12)c1cc2c3c(ccc4cccc(c43)C2(C)C)c1. The highest BCUT2D eigenvalue weighted by atomic mass is 16.3. The molecule has 9 aromatic rings. The van der Waals surface area contributed by atoms with Gasteiger partial charge in [0.2, 0.25) is 0 Å². The smallest absolute Gasteiger partial charge is 0.137 e. The Morgan fingerprint density at radius 3 is 1.98 bits per heavy atom. The molecule has 0 bridgehead atoms. The number of anilines is 3. The summed E-state index contributed by atoms with van der Waals surface area (Å²) in [4.78, 5) is 2.34. The van der Waals surface area contributed by atoms with Crippen LogP contribution in [0.1, 0.15) is 55.5 Å². The molecule has 250 valence electrons. The maximum absolute atomic E-state index is 6.70. The molecule has 2 nitrogen and oxygen atoms in total. The number of hydrogen-bond acceptors (Lipinski definition) is 2. The van der Waals surface area contributed by atoms with Crippen molar-refractivity contribution in [2.75, 3.05) is 4.90 Å². The summed E-state index contributed by atoms with van der Waals surface area (Å²) in [5.41, 5.74) is 14.1. The van der Waals surface area contributed by atoms with E-state index in [0.29, 0.717) is 0 Å². The molecule has 1 aliphatic carbocycles. The van der Waals surface area contributed by atoms with E-state index in [-0.39, 0.29) is 5.41 Å². The molecule has 0 unspecified atom stereocenters. The van der Waals surface area contributed by atoms with Gasteiger partial charge in [-0.15, -0.1) is 0 Å².